The van der Waals surface area contributed by atoms with Crippen molar-refractivity contribution in [3.63, 3.8) is 0 Å². The van der Waals surface area contributed by atoms with Crippen molar-refractivity contribution >= 4 is 11.6 Å². The zero-order valence-electron chi connectivity index (χ0n) is 15.2. The summed E-state index contributed by atoms with van der Waals surface area (Å²) in [4.78, 5) is 21.0. The molecule has 0 atom stereocenters. The second kappa shape index (κ2) is 8.26. The first-order chi connectivity index (χ1) is 13.8. The molecule has 0 spiro atoms. The summed E-state index contributed by atoms with van der Waals surface area (Å²) in [5.41, 5.74) is 3.59. The van der Waals surface area contributed by atoms with Crippen LogP contribution in [0.5, 0.6) is 0 Å². The van der Waals surface area contributed by atoms with Gasteiger partial charge in [-0.15, -0.1) is 0 Å². The molecule has 28 heavy (non-hydrogen) atoms. The SMILES string of the molecule is O=C(Nc1ccc(-n2cncn2)nc1)c1ccccc1CCc1ccccc1. The highest BCUT2D eigenvalue weighted by atomic mass is 16.1. The molecule has 0 aliphatic carbocycles. The van der Waals surface area contributed by atoms with Gasteiger partial charge in [-0.05, 0) is 42.2 Å². The molecule has 6 heteroatoms. The van der Waals surface area contributed by atoms with E-state index < -0.39 is 0 Å². The highest BCUT2D eigenvalue weighted by molar-refractivity contribution is 6.05. The smallest absolute Gasteiger partial charge is 0.255 e. The lowest BCUT2D eigenvalue weighted by molar-refractivity contribution is 0.102. The lowest BCUT2D eigenvalue weighted by Crippen LogP contribution is -2.15. The van der Waals surface area contributed by atoms with Crippen molar-refractivity contribution in [2.75, 3.05) is 5.32 Å². The van der Waals surface area contributed by atoms with E-state index in [1.54, 1.807) is 29.3 Å². The molecular formula is C22H19N5O. The van der Waals surface area contributed by atoms with Gasteiger partial charge in [-0.1, -0.05) is 48.5 Å². The average molecular weight is 369 g/mol. The van der Waals surface area contributed by atoms with Crippen LogP contribution in [0.4, 0.5) is 5.69 Å². The Hall–Kier alpha value is -3.80. The molecule has 2 heterocycles. The molecule has 0 fully saturated rings. The Morgan fingerprint density at radius 3 is 2.50 bits per heavy atom. The fraction of sp³-hybridized carbons (Fsp3) is 0.0909. The molecule has 1 amide bonds. The molecular weight excluding hydrogens is 350 g/mol. The number of hydrogen-bond acceptors (Lipinski definition) is 4. The van der Waals surface area contributed by atoms with E-state index in [0.29, 0.717) is 17.1 Å². The molecule has 4 aromatic rings. The van der Waals surface area contributed by atoms with E-state index in [1.165, 1.54) is 11.9 Å². The molecule has 138 valence electrons. The lowest BCUT2D eigenvalue weighted by atomic mass is 9.99. The van der Waals surface area contributed by atoms with Gasteiger partial charge in [0.15, 0.2) is 5.82 Å². The first-order valence-corrected chi connectivity index (χ1v) is 9.04. The predicted octanol–water partition coefficient (Wildman–Crippen LogP) is 3.70. The van der Waals surface area contributed by atoms with Crippen LogP contribution < -0.4 is 5.32 Å². The van der Waals surface area contributed by atoms with E-state index in [2.05, 4.69) is 32.5 Å². The Morgan fingerprint density at radius 2 is 1.75 bits per heavy atom. The maximum absolute atomic E-state index is 12.8. The van der Waals surface area contributed by atoms with Gasteiger partial charge in [0.25, 0.3) is 5.91 Å². The zero-order chi connectivity index (χ0) is 19.2. The summed E-state index contributed by atoms with van der Waals surface area (Å²) in [6.07, 6.45) is 6.32. The van der Waals surface area contributed by atoms with Crippen molar-refractivity contribution in [3.05, 3.63) is 102 Å². The molecule has 6 nitrogen and oxygen atoms in total. The van der Waals surface area contributed by atoms with E-state index in [4.69, 9.17) is 0 Å². The standard InChI is InChI=1S/C22H19N5O/c28-22(26-19-12-13-21(24-14-19)27-16-23-15-25-27)20-9-5-4-8-18(20)11-10-17-6-2-1-3-7-17/h1-9,12-16H,10-11H2,(H,26,28). The number of anilines is 1. The van der Waals surface area contributed by atoms with E-state index in [-0.39, 0.29) is 5.91 Å². The monoisotopic (exact) mass is 369 g/mol. The largest absolute Gasteiger partial charge is 0.321 e. The minimum atomic E-state index is -0.140. The van der Waals surface area contributed by atoms with Gasteiger partial charge < -0.3 is 5.32 Å². The zero-order valence-corrected chi connectivity index (χ0v) is 15.2. The number of nitrogens with zero attached hydrogens (tertiary/aromatic N) is 4. The number of carbonyl (C=O) groups is 1. The molecule has 4 rings (SSSR count). The van der Waals surface area contributed by atoms with Gasteiger partial charge in [0, 0.05) is 5.56 Å². The molecule has 1 N–H and O–H groups in total. The van der Waals surface area contributed by atoms with E-state index in [1.807, 2.05) is 42.5 Å². The van der Waals surface area contributed by atoms with Crippen LogP contribution in [-0.4, -0.2) is 25.7 Å². The maximum atomic E-state index is 12.8. The first-order valence-electron chi connectivity index (χ1n) is 9.04. The summed E-state index contributed by atoms with van der Waals surface area (Å²) in [5, 5.41) is 6.96. The third-order valence-corrected chi connectivity index (χ3v) is 4.45. The van der Waals surface area contributed by atoms with Gasteiger partial charge in [0.05, 0.1) is 11.9 Å². The van der Waals surface area contributed by atoms with Gasteiger partial charge >= 0.3 is 0 Å². The second-order valence-electron chi connectivity index (χ2n) is 6.34. The molecule has 0 saturated heterocycles. The number of carbonyl (C=O) groups excluding carboxylic acids is 1. The minimum absolute atomic E-state index is 0.140. The number of aryl methyl sites for hydroxylation is 2. The van der Waals surface area contributed by atoms with Crippen LogP contribution in [-0.2, 0) is 12.8 Å². The summed E-state index contributed by atoms with van der Waals surface area (Å²) < 4.78 is 1.56. The van der Waals surface area contributed by atoms with Crippen molar-refractivity contribution in [3.8, 4) is 5.82 Å². The Labute approximate surface area is 162 Å². The molecule has 0 aliphatic rings. The fourth-order valence-electron chi connectivity index (χ4n) is 3.00. The lowest BCUT2D eigenvalue weighted by Gasteiger charge is -2.10. The van der Waals surface area contributed by atoms with Crippen LogP contribution >= 0.6 is 0 Å². The number of hydrogen-bond donors (Lipinski definition) is 1. The van der Waals surface area contributed by atoms with E-state index in [0.717, 1.165) is 18.4 Å². The summed E-state index contributed by atoms with van der Waals surface area (Å²) in [6.45, 7) is 0. The van der Waals surface area contributed by atoms with Gasteiger partial charge in [0.1, 0.15) is 12.7 Å². The highest BCUT2D eigenvalue weighted by Crippen LogP contribution is 2.16. The Balaban J connectivity index is 1.46. The quantitative estimate of drug-likeness (QED) is 0.562. The summed E-state index contributed by atoms with van der Waals surface area (Å²) >= 11 is 0. The third kappa shape index (κ3) is 4.12. The minimum Gasteiger partial charge on any atom is -0.321 e. The first kappa shape index (κ1) is 17.6. The van der Waals surface area contributed by atoms with Crippen molar-refractivity contribution in [2.24, 2.45) is 0 Å². The number of rotatable bonds is 6. The number of nitrogens with one attached hydrogen (secondary N) is 1. The highest BCUT2D eigenvalue weighted by Gasteiger charge is 2.12. The Kier molecular flexibility index (Phi) is 5.20. The number of pyridine rings is 1. The molecule has 0 aliphatic heterocycles. The maximum Gasteiger partial charge on any atom is 0.255 e. The van der Waals surface area contributed by atoms with Crippen LogP contribution in [0, 0.1) is 0 Å². The van der Waals surface area contributed by atoms with Crippen LogP contribution in [0.15, 0.2) is 85.6 Å². The molecule has 0 unspecified atom stereocenters. The molecule has 2 aromatic heterocycles. The van der Waals surface area contributed by atoms with Crippen molar-refractivity contribution in [2.45, 2.75) is 12.8 Å². The van der Waals surface area contributed by atoms with Gasteiger partial charge in [0.2, 0.25) is 0 Å². The van der Waals surface area contributed by atoms with Crippen LogP contribution in [0.25, 0.3) is 5.82 Å². The fourth-order valence-corrected chi connectivity index (χ4v) is 3.00. The van der Waals surface area contributed by atoms with Crippen LogP contribution in [0.1, 0.15) is 21.5 Å². The van der Waals surface area contributed by atoms with Crippen LogP contribution in [0.2, 0.25) is 0 Å². The Bertz CT molecular complexity index is 1040. The number of amides is 1. The van der Waals surface area contributed by atoms with Crippen molar-refractivity contribution < 1.29 is 4.79 Å². The average Bonchev–Trinajstić information content (AvgIpc) is 3.29. The van der Waals surface area contributed by atoms with E-state index >= 15 is 0 Å². The summed E-state index contributed by atoms with van der Waals surface area (Å²) in [6, 6.07) is 21.6. The molecule has 2 aromatic carbocycles. The second-order valence-corrected chi connectivity index (χ2v) is 6.34. The topological polar surface area (TPSA) is 72.7 Å². The van der Waals surface area contributed by atoms with Crippen molar-refractivity contribution in [1.82, 2.24) is 19.7 Å². The molecule has 0 bridgehead atoms. The predicted molar refractivity (Wildman–Crippen MR) is 107 cm³/mol. The normalized spacial score (nSPS) is 10.6. The van der Waals surface area contributed by atoms with Gasteiger partial charge in [-0.25, -0.2) is 14.6 Å². The Morgan fingerprint density at radius 1 is 0.929 bits per heavy atom. The summed E-state index contributed by atoms with van der Waals surface area (Å²) in [5.74, 6) is 0.498. The number of benzene rings is 2. The van der Waals surface area contributed by atoms with Gasteiger partial charge in [-0.2, -0.15) is 5.10 Å². The van der Waals surface area contributed by atoms with E-state index in [9.17, 15) is 4.79 Å². The van der Waals surface area contributed by atoms with Gasteiger partial charge in [-0.3, -0.25) is 4.79 Å². The van der Waals surface area contributed by atoms with Crippen molar-refractivity contribution in [1.29, 1.82) is 0 Å². The number of aromatic nitrogens is 4. The third-order valence-electron chi connectivity index (χ3n) is 4.45. The molecule has 0 radical (unpaired) electrons. The summed E-state index contributed by atoms with van der Waals surface area (Å²) in [7, 11) is 0. The molecule has 0 saturated carbocycles. The van der Waals surface area contributed by atoms with Crippen LogP contribution in [0.3, 0.4) is 0 Å².